The quantitative estimate of drug-likeness (QED) is 0.916. The van der Waals surface area contributed by atoms with Crippen LogP contribution in [-0.4, -0.2) is 13.5 Å². The number of halogens is 2. The van der Waals surface area contributed by atoms with Crippen LogP contribution in [-0.2, 0) is 10.0 Å². The number of rotatable bonds is 3. The zero-order valence-electron chi connectivity index (χ0n) is 9.47. The highest BCUT2D eigenvalue weighted by molar-refractivity contribution is 7.92. The van der Waals surface area contributed by atoms with Gasteiger partial charge in [-0.05, 0) is 42.5 Å². The van der Waals surface area contributed by atoms with E-state index in [1.54, 1.807) is 0 Å². The van der Waals surface area contributed by atoms with Gasteiger partial charge in [0.25, 0.3) is 10.0 Å². The summed E-state index contributed by atoms with van der Waals surface area (Å²) in [5.41, 5.74) is 0.152. The Balaban J connectivity index is 2.30. The van der Waals surface area contributed by atoms with Crippen LogP contribution in [0.1, 0.15) is 0 Å². The van der Waals surface area contributed by atoms with Crippen LogP contribution in [0, 0.1) is 5.82 Å². The van der Waals surface area contributed by atoms with Crippen LogP contribution < -0.4 is 4.72 Å². The van der Waals surface area contributed by atoms with Crippen LogP contribution in [0.25, 0.3) is 0 Å². The predicted octanol–water partition coefficient (Wildman–Crippen LogP) is 2.99. The number of phenolic OH excluding ortho intramolecular Hbond substituents is 1. The fourth-order valence-corrected chi connectivity index (χ4v) is 2.63. The molecular weight excluding hydrogens is 293 g/mol. The van der Waals surface area contributed by atoms with E-state index in [2.05, 4.69) is 4.72 Å². The number of benzene rings is 2. The molecule has 2 aromatic carbocycles. The second-order valence-corrected chi connectivity index (χ2v) is 5.82. The third-order valence-corrected chi connectivity index (χ3v) is 4.01. The highest BCUT2D eigenvalue weighted by Gasteiger charge is 2.14. The molecule has 0 atom stereocenters. The van der Waals surface area contributed by atoms with E-state index < -0.39 is 15.8 Å². The Labute approximate surface area is 114 Å². The summed E-state index contributed by atoms with van der Waals surface area (Å²) >= 11 is 5.57. The van der Waals surface area contributed by atoms with Crippen molar-refractivity contribution >= 4 is 27.3 Å². The van der Waals surface area contributed by atoms with Gasteiger partial charge in [-0.2, -0.15) is 0 Å². The van der Waals surface area contributed by atoms with Crippen molar-refractivity contribution in [1.82, 2.24) is 0 Å². The fourth-order valence-electron chi connectivity index (χ4n) is 1.40. The Kier molecular flexibility index (Phi) is 3.64. The van der Waals surface area contributed by atoms with Gasteiger partial charge in [-0.25, -0.2) is 12.8 Å². The Morgan fingerprint density at radius 1 is 1.11 bits per heavy atom. The maximum Gasteiger partial charge on any atom is 0.261 e. The lowest BCUT2D eigenvalue weighted by Crippen LogP contribution is -2.12. The summed E-state index contributed by atoms with van der Waals surface area (Å²) in [6.45, 7) is 0. The summed E-state index contributed by atoms with van der Waals surface area (Å²) in [6.07, 6.45) is 0. The molecule has 19 heavy (non-hydrogen) atoms. The lowest BCUT2D eigenvalue weighted by atomic mass is 10.3. The maximum atomic E-state index is 13.0. The normalized spacial score (nSPS) is 11.3. The average molecular weight is 302 g/mol. The highest BCUT2D eigenvalue weighted by atomic mass is 35.5. The molecule has 7 heteroatoms. The van der Waals surface area contributed by atoms with Crippen molar-refractivity contribution in [2.75, 3.05) is 4.72 Å². The van der Waals surface area contributed by atoms with E-state index in [1.807, 2.05) is 0 Å². The van der Waals surface area contributed by atoms with Gasteiger partial charge in [0, 0.05) is 0 Å². The van der Waals surface area contributed by atoms with E-state index in [9.17, 15) is 12.8 Å². The minimum absolute atomic E-state index is 0.0225. The van der Waals surface area contributed by atoms with Gasteiger partial charge in [-0.15, -0.1) is 0 Å². The number of aromatic hydroxyl groups is 1. The third-order valence-electron chi connectivity index (χ3n) is 2.32. The van der Waals surface area contributed by atoms with Crippen molar-refractivity contribution in [2.24, 2.45) is 0 Å². The molecule has 2 aromatic rings. The lowest BCUT2D eigenvalue weighted by Gasteiger charge is -2.08. The molecule has 0 unspecified atom stereocenters. The van der Waals surface area contributed by atoms with Crippen molar-refractivity contribution < 1.29 is 17.9 Å². The Hall–Kier alpha value is -1.79. The number of anilines is 1. The summed E-state index contributed by atoms with van der Waals surface area (Å²) in [4.78, 5) is -0.0225. The maximum absolute atomic E-state index is 13.0. The van der Waals surface area contributed by atoms with Gasteiger partial charge in [-0.3, -0.25) is 4.72 Å². The SMILES string of the molecule is O=S(=O)(Nc1ccc(F)c(Cl)c1)c1ccc(O)cc1. The van der Waals surface area contributed by atoms with Crippen LogP contribution in [0.4, 0.5) is 10.1 Å². The van der Waals surface area contributed by atoms with Crippen molar-refractivity contribution in [3.63, 3.8) is 0 Å². The van der Waals surface area contributed by atoms with E-state index in [0.29, 0.717) is 0 Å². The van der Waals surface area contributed by atoms with Gasteiger partial charge >= 0.3 is 0 Å². The Bertz CT molecular complexity index is 701. The standard InChI is InChI=1S/C12H9ClFNO3S/c13-11-7-8(1-6-12(11)14)15-19(17,18)10-4-2-9(16)3-5-10/h1-7,15-16H. The molecule has 100 valence electrons. The molecular formula is C12H9ClFNO3S. The average Bonchev–Trinajstić information content (AvgIpc) is 2.34. The molecule has 0 aliphatic carbocycles. The number of sulfonamides is 1. The Morgan fingerprint density at radius 3 is 2.32 bits per heavy atom. The summed E-state index contributed by atoms with van der Waals surface area (Å²) in [5, 5.41) is 8.93. The lowest BCUT2D eigenvalue weighted by molar-refractivity contribution is 0.475. The van der Waals surface area contributed by atoms with Gasteiger partial charge in [0.05, 0.1) is 15.6 Å². The first-order valence-electron chi connectivity index (χ1n) is 5.15. The molecule has 0 fully saturated rings. The first-order valence-corrected chi connectivity index (χ1v) is 7.01. The number of hydrogen-bond donors (Lipinski definition) is 2. The van der Waals surface area contributed by atoms with Crippen LogP contribution in [0.15, 0.2) is 47.4 Å². The molecule has 2 N–H and O–H groups in total. The van der Waals surface area contributed by atoms with E-state index in [0.717, 1.165) is 6.07 Å². The highest BCUT2D eigenvalue weighted by Crippen LogP contribution is 2.22. The minimum atomic E-state index is -3.80. The second kappa shape index (κ2) is 5.07. The minimum Gasteiger partial charge on any atom is -0.508 e. The molecule has 0 bridgehead atoms. The number of phenols is 1. The molecule has 4 nitrogen and oxygen atoms in total. The van der Waals surface area contributed by atoms with Crippen molar-refractivity contribution in [3.8, 4) is 5.75 Å². The van der Waals surface area contributed by atoms with Gasteiger partial charge in [0.1, 0.15) is 11.6 Å². The summed E-state index contributed by atoms with van der Waals surface area (Å²) in [7, 11) is -3.80. The molecule has 0 aromatic heterocycles. The molecule has 0 heterocycles. The first-order chi connectivity index (χ1) is 8.88. The molecule has 0 saturated carbocycles. The zero-order valence-corrected chi connectivity index (χ0v) is 11.0. The zero-order chi connectivity index (χ0) is 14.0. The molecule has 0 aliphatic heterocycles. The number of nitrogens with one attached hydrogen (secondary N) is 1. The molecule has 0 radical (unpaired) electrons. The van der Waals surface area contributed by atoms with Crippen molar-refractivity contribution in [2.45, 2.75) is 4.90 Å². The fraction of sp³-hybridized carbons (Fsp3) is 0. The predicted molar refractivity (Wildman–Crippen MR) is 70.3 cm³/mol. The van der Waals surface area contributed by atoms with Crippen LogP contribution in [0.5, 0.6) is 5.75 Å². The van der Waals surface area contributed by atoms with Gasteiger partial charge in [0.2, 0.25) is 0 Å². The van der Waals surface area contributed by atoms with E-state index >= 15 is 0 Å². The molecule has 0 aliphatic rings. The van der Waals surface area contributed by atoms with Gasteiger partial charge < -0.3 is 5.11 Å². The smallest absolute Gasteiger partial charge is 0.261 e. The molecule has 0 amide bonds. The Morgan fingerprint density at radius 2 is 1.74 bits per heavy atom. The van der Waals surface area contributed by atoms with Crippen LogP contribution in [0.3, 0.4) is 0 Å². The summed E-state index contributed by atoms with van der Waals surface area (Å²) in [6, 6.07) is 8.52. The van der Waals surface area contributed by atoms with Crippen molar-refractivity contribution in [1.29, 1.82) is 0 Å². The van der Waals surface area contributed by atoms with E-state index in [-0.39, 0.29) is 21.4 Å². The summed E-state index contributed by atoms with van der Waals surface area (Å²) < 4.78 is 39.2. The number of hydrogen-bond acceptors (Lipinski definition) is 3. The van der Waals surface area contributed by atoms with E-state index in [1.165, 1.54) is 36.4 Å². The van der Waals surface area contributed by atoms with Crippen molar-refractivity contribution in [3.05, 3.63) is 53.3 Å². The molecule has 0 saturated heterocycles. The largest absolute Gasteiger partial charge is 0.508 e. The molecule has 2 rings (SSSR count). The summed E-state index contributed by atoms with van der Waals surface area (Å²) in [5.74, 6) is -0.668. The monoisotopic (exact) mass is 301 g/mol. The van der Waals surface area contributed by atoms with Gasteiger partial charge in [0.15, 0.2) is 0 Å². The first kappa shape index (κ1) is 13.6. The van der Waals surface area contributed by atoms with Crippen LogP contribution >= 0.6 is 11.6 Å². The third kappa shape index (κ3) is 3.15. The van der Waals surface area contributed by atoms with E-state index in [4.69, 9.17) is 16.7 Å². The second-order valence-electron chi connectivity index (χ2n) is 3.73. The molecule has 0 spiro atoms. The van der Waals surface area contributed by atoms with Crippen LogP contribution in [0.2, 0.25) is 5.02 Å². The topological polar surface area (TPSA) is 66.4 Å². The van der Waals surface area contributed by atoms with Gasteiger partial charge in [-0.1, -0.05) is 11.6 Å².